The molecule has 1 aliphatic heterocycles. The Morgan fingerprint density at radius 2 is 2.33 bits per heavy atom. The highest BCUT2D eigenvalue weighted by Crippen LogP contribution is 2.37. The van der Waals surface area contributed by atoms with Crippen molar-refractivity contribution in [2.75, 3.05) is 20.7 Å². The smallest absolute Gasteiger partial charge is 0.303 e. The van der Waals surface area contributed by atoms with E-state index in [1.54, 1.807) is 19.0 Å². The van der Waals surface area contributed by atoms with Crippen molar-refractivity contribution in [3.8, 4) is 0 Å². The minimum absolute atomic E-state index is 0.0964. The van der Waals surface area contributed by atoms with Crippen LogP contribution in [0.3, 0.4) is 0 Å². The van der Waals surface area contributed by atoms with Crippen LogP contribution in [0.2, 0.25) is 0 Å². The SMILES string of the molecule is CC(=O)O[C@@H]1[C@H](Br)[C@@H](CO)O[C@H]1n1cnc2c(=O)[nH]c(/N=C/N(C)C)nc21. The Morgan fingerprint density at radius 3 is 2.96 bits per heavy atom. The standard InChI is InChI=1S/C15H19BrN6O5/c1-7(24)26-11-9(16)8(4-23)27-14(11)22-6-17-10-12(22)19-15(20-13(10)25)18-5-21(2)3/h5-6,8-9,11,14,23H,4H2,1-3H3,(H,19,20,25)/b18-5+/t8-,9-,11-,14-/m1/s1. The predicted molar refractivity (Wildman–Crippen MR) is 99.3 cm³/mol. The molecule has 0 aromatic carbocycles. The van der Waals surface area contributed by atoms with Crippen molar-refractivity contribution in [1.29, 1.82) is 0 Å². The minimum atomic E-state index is -0.819. The molecule has 2 aromatic heterocycles. The van der Waals surface area contributed by atoms with E-state index >= 15 is 0 Å². The van der Waals surface area contributed by atoms with Gasteiger partial charge in [0.15, 0.2) is 23.5 Å². The van der Waals surface area contributed by atoms with Crippen LogP contribution in [0, 0.1) is 0 Å². The highest BCUT2D eigenvalue weighted by atomic mass is 79.9. The molecule has 0 radical (unpaired) electrons. The molecule has 12 heteroatoms. The molecule has 146 valence electrons. The number of carbonyl (C=O) groups is 1. The molecule has 2 N–H and O–H groups in total. The van der Waals surface area contributed by atoms with Crippen LogP contribution in [0.1, 0.15) is 13.2 Å². The van der Waals surface area contributed by atoms with Gasteiger partial charge in [-0.1, -0.05) is 15.9 Å². The predicted octanol–water partition coefficient (Wildman–Crippen LogP) is -0.0741. The Morgan fingerprint density at radius 1 is 1.59 bits per heavy atom. The number of hydrogen-bond donors (Lipinski definition) is 2. The van der Waals surface area contributed by atoms with E-state index in [1.807, 2.05) is 0 Å². The number of rotatable bonds is 5. The number of aliphatic hydroxyl groups excluding tert-OH is 1. The number of ether oxygens (including phenoxy) is 2. The number of halogens is 1. The third-order valence-electron chi connectivity index (χ3n) is 3.85. The van der Waals surface area contributed by atoms with Gasteiger partial charge < -0.3 is 19.5 Å². The number of alkyl halides is 1. The van der Waals surface area contributed by atoms with Gasteiger partial charge in [0.25, 0.3) is 5.56 Å². The van der Waals surface area contributed by atoms with Crippen LogP contribution in [0.5, 0.6) is 0 Å². The normalized spacial score (nSPS) is 25.4. The van der Waals surface area contributed by atoms with Gasteiger partial charge >= 0.3 is 5.97 Å². The Bertz CT molecular complexity index is 925. The third-order valence-corrected chi connectivity index (χ3v) is 4.96. The average Bonchev–Trinajstić information content (AvgIpc) is 3.15. The first-order valence-electron chi connectivity index (χ1n) is 8.07. The van der Waals surface area contributed by atoms with Crippen molar-refractivity contribution in [3.63, 3.8) is 0 Å². The maximum absolute atomic E-state index is 12.3. The van der Waals surface area contributed by atoms with Gasteiger partial charge in [0.2, 0.25) is 5.95 Å². The van der Waals surface area contributed by atoms with Crippen LogP contribution in [0.4, 0.5) is 5.95 Å². The van der Waals surface area contributed by atoms with Gasteiger partial charge in [-0.2, -0.15) is 4.98 Å². The summed E-state index contributed by atoms with van der Waals surface area (Å²) in [4.78, 5) is 40.1. The summed E-state index contributed by atoms with van der Waals surface area (Å²) in [6, 6.07) is 0. The van der Waals surface area contributed by atoms with Crippen molar-refractivity contribution in [3.05, 3.63) is 16.7 Å². The van der Waals surface area contributed by atoms with Gasteiger partial charge in [0.05, 0.1) is 30.2 Å². The molecule has 1 fully saturated rings. The number of fused-ring (bicyclic) bond motifs is 1. The van der Waals surface area contributed by atoms with Crippen molar-refractivity contribution in [2.24, 2.45) is 4.99 Å². The Labute approximate surface area is 162 Å². The van der Waals surface area contributed by atoms with E-state index in [0.29, 0.717) is 0 Å². The Hall–Kier alpha value is -2.31. The maximum Gasteiger partial charge on any atom is 0.303 e. The van der Waals surface area contributed by atoms with Gasteiger partial charge in [-0.3, -0.25) is 19.1 Å². The van der Waals surface area contributed by atoms with E-state index in [1.165, 1.54) is 24.2 Å². The summed E-state index contributed by atoms with van der Waals surface area (Å²) in [5.74, 6) is -0.401. The number of esters is 1. The van der Waals surface area contributed by atoms with E-state index in [0.717, 1.165) is 0 Å². The van der Waals surface area contributed by atoms with Gasteiger partial charge in [-0.15, -0.1) is 0 Å². The lowest BCUT2D eigenvalue weighted by Gasteiger charge is -2.21. The third kappa shape index (κ3) is 3.87. The number of aliphatic imine (C=N–C) groups is 1. The van der Waals surface area contributed by atoms with Crippen molar-refractivity contribution >= 4 is 45.4 Å². The van der Waals surface area contributed by atoms with Gasteiger partial charge in [-0.25, -0.2) is 9.98 Å². The molecular weight excluding hydrogens is 424 g/mol. The molecule has 27 heavy (non-hydrogen) atoms. The second-order valence-corrected chi connectivity index (χ2v) is 7.25. The zero-order valence-electron chi connectivity index (χ0n) is 14.9. The summed E-state index contributed by atoms with van der Waals surface area (Å²) in [6.07, 6.45) is 0.708. The zero-order chi connectivity index (χ0) is 19.7. The molecule has 0 amide bonds. The second kappa shape index (κ2) is 7.74. The molecule has 2 aromatic rings. The molecule has 0 aliphatic carbocycles. The number of nitrogens with one attached hydrogen (secondary N) is 1. The summed E-state index contributed by atoms with van der Waals surface area (Å²) in [6.45, 7) is 1.01. The molecule has 0 unspecified atom stereocenters. The molecule has 3 rings (SSSR count). The summed E-state index contributed by atoms with van der Waals surface area (Å²) in [7, 11) is 3.57. The first-order chi connectivity index (χ1) is 12.8. The molecule has 0 spiro atoms. The molecule has 11 nitrogen and oxygen atoms in total. The number of H-pyrrole nitrogens is 1. The quantitative estimate of drug-likeness (QED) is 0.284. The maximum atomic E-state index is 12.3. The summed E-state index contributed by atoms with van der Waals surface area (Å²) >= 11 is 3.41. The number of hydrogen-bond acceptors (Lipinski definition) is 8. The fourth-order valence-electron chi connectivity index (χ4n) is 2.71. The van der Waals surface area contributed by atoms with Crippen LogP contribution in [0.15, 0.2) is 16.1 Å². The summed E-state index contributed by atoms with van der Waals surface area (Å²) in [5.41, 5.74) is -0.131. The highest BCUT2D eigenvalue weighted by molar-refractivity contribution is 9.09. The highest BCUT2D eigenvalue weighted by Gasteiger charge is 2.46. The summed E-state index contributed by atoms with van der Waals surface area (Å²) in [5, 5.41) is 9.51. The first kappa shape index (κ1) is 19.5. The molecule has 1 saturated heterocycles. The van der Waals surface area contributed by atoms with Crippen LogP contribution >= 0.6 is 15.9 Å². The van der Waals surface area contributed by atoms with Crippen LogP contribution < -0.4 is 5.56 Å². The second-order valence-electron chi connectivity index (χ2n) is 6.19. The lowest BCUT2D eigenvalue weighted by atomic mass is 10.2. The van der Waals surface area contributed by atoms with Gasteiger partial charge in [-0.05, 0) is 0 Å². The monoisotopic (exact) mass is 442 g/mol. The number of carbonyl (C=O) groups excluding carboxylic acids is 1. The topological polar surface area (TPSA) is 135 Å². The molecular formula is C15H19BrN6O5. The van der Waals surface area contributed by atoms with Crippen LogP contribution in [0.25, 0.3) is 11.2 Å². The first-order valence-corrected chi connectivity index (χ1v) is 8.98. The largest absolute Gasteiger partial charge is 0.456 e. The number of nitrogens with zero attached hydrogens (tertiary/aromatic N) is 5. The fourth-order valence-corrected chi connectivity index (χ4v) is 3.38. The van der Waals surface area contributed by atoms with Gasteiger partial charge in [0.1, 0.15) is 0 Å². The van der Waals surface area contributed by atoms with Crippen LogP contribution in [-0.4, -0.2) is 79.6 Å². The van der Waals surface area contributed by atoms with Crippen molar-refractivity contribution in [2.45, 2.75) is 30.2 Å². The lowest BCUT2D eigenvalue weighted by molar-refractivity contribution is -0.152. The van der Waals surface area contributed by atoms with Gasteiger partial charge in [0, 0.05) is 21.0 Å². The van der Waals surface area contributed by atoms with Crippen molar-refractivity contribution in [1.82, 2.24) is 24.4 Å². The molecule has 0 bridgehead atoms. The van der Waals surface area contributed by atoms with E-state index in [9.17, 15) is 14.7 Å². The van der Waals surface area contributed by atoms with E-state index < -0.39 is 34.8 Å². The molecule has 1 aliphatic rings. The minimum Gasteiger partial charge on any atom is -0.456 e. The van der Waals surface area contributed by atoms with Crippen molar-refractivity contribution < 1.29 is 19.4 Å². The molecule has 0 saturated carbocycles. The number of imidazole rings is 1. The van der Waals surface area contributed by atoms with E-state index in [2.05, 4.69) is 35.9 Å². The molecule has 4 atom stereocenters. The number of aliphatic hydroxyl groups is 1. The van der Waals surface area contributed by atoms with E-state index in [4.69, 9.17) is 9.47 Å². The van der Waals surface area contributed by atoms with Crippen LogP contribution in [-0.2, 0) is 14.3 Å². The Balaban J connectivity index is 2.07. The summed E-state index contributed by atoms with van der Waals surface area (Å²) < 4.78 is 12.7. The number of aromatic amines is 1. The fraction of sp³-hybridized carbons (Fsp3) is 0.533. The lowest BCUT2D eigenvalue weighted by Crippen LogP contribution is -2.32. The average molecular weight is 443 g/mol. The zero-order valence-corrected chi connectivity index (χ0v) is 16.5. The van der Waals surface area contributed by atoms with E-state index in [-0.39, 0.29) is 23.7 Å². The molecule has 3 heterocycles. The number of aromatic nitrogens is 4. The Kier molecular flexibility index (Phi) is 5.58.